The van der Waals surface area contributed by atoms with E-state index in [-0.39, 0.29) is 5.75 Å². The lowest BCUT2D eigenvalue weighted by Gasteiger charge is -2.05. The topological polar surface area (TPSA) is 35.0 Å². The Hall–Kier alpha value is -1.46. The van der Waals surface area contributed by atoms with E-state index in [2.05, 4.69) is 14.7 Å². The molecule has 2 aromatic rings. The lowest BCUT2D eigenvalue weighted by molar-refractivity contribution is -0.0503. The number of hydrogen-bond acceptors (Lipinski definition) is 3. The van der Waals surface area contributed by atoms with Gasteiger partial charge in [-0.1, -0.05) is 23.2 Å². The van der Waals surface area contributed by atoms with Gasteiger partial charge in [0.1, 0.15) is 0 Å². The molecule has 0 unspecified atom stereocenters. The predicted octanol–water partition coefficient (Wildman–Crippen LogP) is 4.05. The molecule has 1 aromatic heterocycles. The smallest absolute Gasteiger partial charge is 0.387 e. The van der Waals surface area contributed by atoms with Crippen molar-refractivity contribution in [3.8, 4) is 17.1 Å². The van der Waals surface area contributed by atoms with Gasteiger partial charge >= 0.3 is 6.61 Å². The van der Waals surface area contributed by atoms with E-state index < -0.39 is 6.61 Å². The van der Waals surface area contributed by atoms with Gasteiger partial charge in [0.2, 0.25) is 0 Å². The van der Waals surface area contributed by atoms with Crippen LogP contribution in [0.25, 0.3) is 11.4 Å². The number of rotatable bonds is 3. The fourth-order valence-electron chi connectivity index (χ4n) is 1.29. The summed E-state index contributed by atoms with van der Waals surface area (Å²) in [6.07, 6.45) is 2.30. The Bertz CT molecular complexity index is 549. The molecule has 3 nitrogen and oxygen atoms in total. The number of alkyl halides is 2. The van der Waals surface area contributed by atoms with Crippen LogP contribution in [0.1, 0.15) is 0 Å². The van der Waals surface area contributed by atoms with E-state index in [1.807, 2.05) is 0 Å². The van der Waals surface area contributed by atoms with Gasteiger partial charge in [-0.15, -0.1) is 0 Å². The van der Waals surface area contributed by atoms with Gasteiger partial charge in [0.25, 0.3) is 0 Å². The zero-order valence-corrected chi connectivity index (χ0v) is 10.3. The second-order valence-corrected chi connectivity index (χ2v) is 4.09. The Morgan fingerprint density at radius 2 is 1.78 bits per heavy atom. The molecule has 0 fully saturated rings. The molecular formula is C11H6Cl2F2N2O. The van der Waals surface area contributed by atoms with Crippen molar-refractivity contribution < 1.29 is 13.5 Å². The molecule has 0 saturated heterocycles. The van der Waals surface area contributed by atoms with Crippen LogP contribution < -0.4 is 4.74 Å². The molecule has 0 amide bonds. The van der Waals surface area contributed by atoms with E-state index in [1.165, 1.54) is 0 Å². The van der Waals surface area contributed by atoms with E-state index in [4.69, 9.17) is 23.2 Å². The monoisotopic (exact) mass is 290 g/mol. The molecule has 2 rings (SSSR count). The molecular weight excluding hydrogens is 285 g/mol. The van der Waals surface area contributed by atoms with Crippen LogP contribution in [0.5, 0.6) is 5.75 Å². The Kier molecular flexibility index (Phi) is 3.93. The minimum absolute atomic E-state index is 0.112. The maximum Gasteiger partial charge on any atom is 0.387 e. The summed E-state index contributed by atoms with van der Waals surface area (Å²) in [5.41, 5.74) is 0.560. The van der Waals surface area contributed by atoms with E-state index in [9.17, 15) is 8.78 Å². The summed E-state index contributed by atoms with van der Waals surface area (Å²) in [7, 11) is 0. The Balaban J connectivity index is 2.28. The van der Waals surface area contributed by atoms with E-state index in [1.54, 1.807) is 18.2 Å². The van der Waals surface area contributed by atoms with Crippen molar-refractivity contribution in [2.75, 3.05) is 0 Å². The summed E-state index contributed by atoms with van der Waals surface area (Å²) in [5, 5.41) is 0.867. The molecule has 18 heavy (non-hydrogen) atoms. The highest BCUT2D eigenvalue weighted by molar-refractivity contribution is 6.36. The minimum atomic E-state index is -2.90. The summed E-state index contributed by atoms with van der Waals surface area (Å²) < 4.78 is 28.0. The molecule has 1 heterocycles. The van der Waals surface area contributed by atoms with Crippen LogP contribution in [0.2, 0.25) is 10.0 Å². The lowest BCUT2D eigenvalue weighted by atomic mass is 10.2. The third-order valence-electron chi connectivity index (χ3n) is 2.03. The Labute approximate surface area is 111 Å². The van der Waals surface area contributed by atoms with Crippen LogP contribution in [-0.4, -0.2) is 16.6 Å². The van der Waals surface area contributed by atoms with Crippen LogP contribution >= 0.6 is 23.2 Å². The predicted molar refractivity (Wildman–Crippen MR) is 64.1 cm³/mol. The van der Waals surface area contributed by atoms with Crippen molar-refractivity contribution >= 4 is 23.2 Å². The highest BCUT2D eigenvalue weighted by Crippen LogP contribution is 2.28. The minimum Gasteiger partial charge on any atom is -0.432 e. The summed E-state index contributed by atoms with van der Waals surface area (Å²) in [6, 6.07) is 4.83. The van der Waals surface area contributed by atoms with Gasteiger partial charge in [0, 0.05) is 10.6 Å². The van der Waals surface area contributed by atoms with Crippen LogP contribution in [0.4, 0.5) is 8.78 Å². The van der Waals surface area contributed by atoms with Crippen molar-refractivity contribution in [3.05, 3.63) is 40.6 Å². The van der Waals surface area contributed by atoms with Gasteiger partial charge in [0.15, 0.2) is 11.6 Å². The molecule has 0 bridgehead atoms. The first kappa shape index (κ1) is 13.0. The second kappa shape index (κ2) is 5.46. The van der Waals surface area contributed by atoms with Crippen LogP contribution in [-0.2, 0) is 0 Å². The molecule has 0 N–H and O–H groups in total. The van der Waals surface area contributed by atoms with Gasteiger partial charge in [-0.2, -0.15) is 8.78 Å². The number of aromatic nitrogens is 2. The molecule has 0 spiro atoms. The maximum absolute atomic E-state index is 11.9. The van der Waals surface area contributed by atoms with Gasteiger partial charge < -0.3 is 4.74 Å². The normalized spacial score (nSPS) is 10.7. The summed E-state index contributed by atoms with van der Waals surface area (Å²) in [4.78, 5) is 7.79. The van der Waals surface area contributed by atoms with Crippen molar-refractivity contribution in [1.29, 1.82) is 0 Å². The third-order valence-corrected chi connectivity index (χ3v) is 2.57. The van der Waals surface area contributed by atoms with Crippen LogP contribution in [0, 0.1) is 0 Å². The standard InChI is InChI=1S/C11H6Cl2F2N2O/c12-6-1-2-8(9(13)3-6)10-16-4-7(5-17-10)18-11(14)15/h1-5,11H. The SMILES string of the molecule is FC(F)Oc1cnc(-c2ccc(Cl)cc2Cl)nc1. The van der Waals surface area contributed by atoms with Crippen molar-refractivity contribution in [1.82, 2.24) is 9.97 Å². The molecule has 0 atom stereocenters. The molecule has 0 aliphatic heterocycles. The highest BCUT2D eigenvalue weighted by Gasteiger charge is 2.09. The molecule has 1 aromatic carbocycles. The number of benzene rings is 1. The zero-order valence-electron chi connectivity index (χ0n) is 8.78. The van der Waals surface area contributed by atoms with Gasteiger partial charge in [-0.3, -0.25) is 0 Å². The zero-order chi connectivity index (χ0) is 13.1. The summed E-state index contributed by atoms with van der Waals surface area (Å²) >= 11 is 11.7. The van der Waals surface area contributed by atoms with E-state index in [0.717, 1.165) is 12.4 Å². The fraction of sp³-hybridized carbons (Fsp3) is 0.0909. The van der Waals surface area contributed by atoms with E-state index >= 15 is 0 Å². The lowest BCUT2D eigenvalue weighted by Crippen LogP contribution is -2.03. The van der Waals surface area contributed by atoms with Crippen molar-refractivity contribution in [3.63, 3.8) is 0 Å². The summed E-state index contributed by atoms with van der Waals surface area (Å²) in [6.45, 7) is -2.90. The number of hydrogen-bond donors (Lipinski definition) is 0. The van der Waals surface area contributed by atoms with Gasteiger partial charge in [-0.05, 0) is 18.2 Å². The average molecular weight is 291 g/mol. The highest BCUT2D eigenvalue weighted by atomic mass is 35.5. The van der Waals surface area contributed by atoms with Gasteiger partial charge in [0.05, 0.1) is 17.4 Å². The molecule has 0 aliphatic carbocycles. The average Bonchev–Trinajstić information content (AvgIpc) is 2.30. The molecule has 7 heteroatoms. The Morgan fingerprint density at radius 3 is 2.33 bits per heavy atom. The Morgan fingerprint density at radius 1 is 1.11 bits per heavy atom. The maximum atomic E-state index is 11.9. The molecule has 0 aliphatic rings. The van der Waals surface area contributed by atoms with Crippen LogP contribution in [0.15, 0.2) is 30.6 Å². The van der Waals surface area contributed by atoms with Crippen molar-refractivity contribution in [2.45, 2.75) is 6.61 Å². The van der Waals surface area contributed by atoms with Gasteiger partial charge in [-0.25, -0.2) is 9.97 Å². The fourth-order valence-corrected chi connectivity index (χ4v) is 1.78. The first-order chi connectivity index (χ1) is 8.56. The first-order valence-corrected chi connectivity index (χ1v) is 5.54. The van der Waals surface area contributed by atoms with E-state index in [0.29, 0.717) is 21.4 Å². The number of ether oxygens (including phenoxy) is 1. The molecule has 0 radical (unpaired) electrons. The summed E-state index contributed by atoms with van der Waals surface area (Å²) in [5.74, 6) is 0.192. The first-order valence-electron chi connectivity index (χ1n) is 4.78. The second-order valence-electron chi connectivity index (χ2n) is 3.25. The number of nitrogens with zero attached hydrogens (tertiary/aromatic N) is 2. The third kappa shape index (κ3) is 3.05. The quantitative estimate of drug-likeness (QED) is 0.855. The molecule has 0 saturated carbocycles. The van der Waals surface area contributed by atoms with Crippen molar-refractivity contribution in [2.24, 2.45) is 0 Å². The van der Waals surface area contributed by atoms with Crippen LogP contribution in [0.3, 0.4) is 0 Å². The number of halogens is 4. The molecule has 94 valence electrons. The largest absolute Gasteiger partial charge is 0.432 e.